The number of nitrogens with zero attached hydrogens (tertiary/aromatic N) is 3. The van der Waals surface area contributed by atoms with Crippen LogP contribution in [0.15, 0.2) is 65.8 Å². The van der Waals surface area contributed by atoms with Crippen LogP contribution in [-0.2, 0) is 16.1 Å². The summed E-state index contributed by atoms with van der Waals surface area (Å²) in [5, 5.41) is 9.47. The van der Waals surface area contributed by atoms with E-state index in [9.17, 15) is 19.5 Å². The summed E-state index contributed by atoms with van der Waals surface area (Å²) in [6, 6.07) is 11.8. The topological polar surface area (TPSA) is 92.5 Å². The van der Waals surface area contributed by atoms with E-state index in [1.807, 2.05) is 52.0 Å². The molecule has 2 heterocycles. The number of likely N-dealkylation sites (N-methyl/N-ethyl adjacent to an activating group) is 1. The van der Waals surface area contributed by atoms with Gasteiger partial charge in [0.15, 0.2) is 0 Å². The van der Waals surface area contributed by atoms with E-state index in [0.717, 1.165) is 22.3 Å². The van der Waals surface area contributed by atoms with Gasteiger partial charge < -0.3 is 14.6 Å². The van der Waals surface area contributed by atoms with Crippen LogP contribution in [0.3, 0.4) is 0 Å². The van der Waals surface area contributed by atoms with Crippen molar-refractivity contribution in [3.63, 3.8) is 0 Å². The van der Waals surface area contributed by atoms with Gasteiger partial charge in [0, 0.05) is 37.3 Å². The number of hydrogen-bond acceptors (Lipinski definition) is 4. The third-order valence-corrected chi connectivity index (χ3v) is 5.35. The number of carboxylic acid groups (broad SMARTS) is 1. The fourth-order valence-corrected chi connectivity index (χ4v) is 3.71. The largest absolute Gasteiger partial charge is 0.481 e. The molecule has 0 spiro atoms. The van der Waals surface area contributed by atoms with Crippen LogP contribution in [-0.4, -0.2) is 38.5 Å². The van der Waals surface area contributed by atoms with Crippen LogP contribution in [0.4, 0.5) is 0 Å². The summed E-state index contributed by atoms with van der Waals surface area (Å²) < 4.78 is 1.29. The minimum absolute atomic E-state index is 0.170. The van der Waals surface area contributed by atoms with Crippen molar-refractivity contribution >= 4 is 11.9 Å². The highest BCUT2D eigenvalue weighted by molar-refractivity contribution is 5.78. The number of amides is 1. The maximum Gasteiger partial charge on any atom is 0.305 e. The van der Waals surface area contributed by atoms with Gasteiger partial charge in [-0.3, -0.25) is 19.4 Å². The van der Waals surface area contributed by atoms with Crippen molar-refractivity contribution in [3.8, 4) is 11.1 Å². The fraction of sp³-hybridized carbons (Fsp3) is 0.308. The van der Waals surface area contributed by atoms with Crippen LogP contribution in [0.25, 0.3) is 11.1 Å². The molecule has 3 aromatic rings. The molecule has 0 saturated carbocycles. The van der Waals surface area contributed by atoms with Gasteiger partial charge in [0.1, 0.15) is 6.54 Å². The summed E-state index contributed by atoms with van der Waals surface area (Å²) in [6.07, 6.45) is 4.58. The number of aryl methyl sites for hydroxylation is 2. The molecular weight excluding hydrogens is 418 g/mol. The average Bonchev–Trinajstić information content (AvgIpc) is 2.80. The fourth-order valence-electron chi connectivity index (χ4n) is 3.71. The monoisotopic (exact) mass is 449 g/mol. The molecule has 1 atom stereocenters. The van der Waals surface area contributed by atoms with Gasteiger partial charge in [0.2, 0.25) is 5.91 Å². The van der Waals surface area contributed by atoms with E-state index < -0.39 is 12.0 Å². The molecule has 33 heavy (non-hydrogen) atoms. The van der Waals surface area contributed by atoms with Gasteiger partial charge in [-0.2, -0.15) is 0 Å². The Kier molecular flexibility index (Phi) is 9.09. The van der Waals surface area contributed by atoms with Gasteiger partial charge in [-0.1, -0.05) is 38.1 Å². The molecule has 1 N–H and O–H groups in total. The summed E-state index contributed by atoms with van der Waals surface area (Å²) in [4.78, 5) is 42.1. The van der Waals surface area contributed by atoms with E-state index in [2.05, 4.69) is 4.98 Å². The maximum atomic E-state index is 12.9. The van der Waals surface area contributed by atoms with Gasteiger partial charge in [0.25, 0.3) is 5.56 Å². The molecule has 0 aliphatic carbocycles. The number of rotatable bonds is 7. The first kappa shape index (κ1) is 25.5. The van der Waals surface area contributed by atoms with E-state index in [0.29, 0.717) is 5.56 Å². The minimum Gasteiger partial charge on any atom is -0.481 e. The summed E-state index contributed by atoms with van der Waals surface area (Å²) >= 11 is 0. The molecule has 2 aromatic heterocycles. The average molecular weight is 450 g/mol. The van der Waals surface area contributed by atoms with Crippen molar-refractivity contribution in [1.82, 2.24) is 14.5 Å². The van der Waals surface area contributed by atoms with E-state index >= 15 is 0 Å². The Morgan fingerprint density at radius 1 is 1.06 bits per heavy atom. The molecule has 0 aliphatic rings. The Morgan fingerprint density at radius 3 is 2.33 bits per heavy atom. The zero-order valence-corrected chi connectivity index (χ0v) is 19.8. The molecule has 0 bridgehead atoms. The minimum atomic E-state index is -1.03. The van der Waals surface area contributed by atoms with Crippen molar-refractivity contribution < 1.29 is 14.7 Å². The van der Waals surface area contributed by atoms with E-state index in [-0.39, 0.29) is 24.4 Å². The SMILES string of the molecule is CC.Cc1cccc(C)c1-c1cncc(C(CC(=O)O)N(C)C(=O)Cn2ccccc2=O)c1. The van der Waals surface area contributed by atoms with Gasteiger partial charge >= 0.3 is 5.97 Å². The molecule has 7 heteroatoms. The Bertz CT molecular complexity index is 1150. The molecule has 1 amide bonds. The first-order valence-corrected chi connectivity index (χ1v) is 10.9. The maximum absolute atomic E-state index is 12.9. The summed E-state index contributed by atoms with van der Waals surface area (Å²) in [6.45, 7) is 7.85. The predicted octanol–water partition coefficient (Wildman–Crippen LogP) is 4.23. The Hall–Kier alpha value is -3.74. The number of aliphatic carboxylic acids is 1. The first-order valence-electron chi connectivity index (χ1n) is 10.9. The Labute approximate surface area is 194 Å². The second-order valence-electron chi connectivity index (χ2n) is 7.56. The van der Waals surface area contributed by atoms with Crippen LogP contribution in [0.2, 0.25) is 0 Å². The van der Waals surface area contributed by atoms with E-state index in [1.165, 1.54) is 21.7 Å². The van der Waals surface area contributed by atoms with E-state index in [1.54, 1.807) is 31.6 Å². The van der Waals surface area contributed by atoms with Crippen molar-refractivity contribution in [2.75, 3.05) is 7.05 Å². The number of hydrogen-bond donors (Lipinski definition) is 1. The lowest BCUT2D eigenvalue weighted by atomic mass is 9.94. The van der Waals surface area contributed by atoms with Crippen molar-refractivity contribution in [2.24, 2.45) is 0 Å². The number of pyridine rings is 2. The molecule has 174 valence electrons. The molecule has 0 aliphatic heterocycles. The predicted molar refractivity (Wildman–Crippen MR) is 129 cm³/mol. The number of aromatic nitrogens is 2. The van der Waals surface area contributed by atoms with Gasteiger partial charge in [0.05, 0.1) is 12.5 Å². The number of carbonyl (C=O) groups excluding carboxylic acids is 1. The molecule has 0 saturated heterocycles. The number of carboxylic acids is 1. The lowest BCUT2D eigenvalue weighted by Crippen LogP contribution is -2.37. The Morgan fingerprint density at radius 2 is 1.73 bits per heavy atom. The molecule has 1 unspecified atom stereocenters. The Balaban J connectivity index is 0.00000187. The second kappa shape index (κ2) is 11.8. The highest BCUT2D eigenvalue weighted by Crippen LogP contribution is 2.31. The lowest BCUT2D eigenvalue weighted by Gasteiger charge is -2.28. The van der Waals surface area contributed by atoms with Crippen LogP contribution in [0.1, 0.15) is 43.0 Å². The van der Waals surface area contributed by atoms with Crippen molar-refractivity contribution in [1.29, 1.82) is 0 Å². The standard InChI is InChI=1S/C24H25N3O4.C2H6/c1-16-7-6-8-17(2)24(16)19-11-18(13-25-14-19)20(12-23(30)31)26(3)22(29)15-27-10-5-4-9-21(27)28;1-2/h4-11,13-14,20H,12,15H2,1-3H3,(H,30,31);1-2H3. The first-order chi connectivity index (χ1) is 15.8. The van der Waals surface area contributed by atoms with Gasteiger partial charge in [-0.15, -0.1) is 0 Å². The third kappa shape index (κ3) is 6.38. The quantitative estimate of drug-likeness (QED) is 0.583. The van der Waals surface area contributed by atoms with E-state index in [4.69, 9.17) is 0 Å². The van der Waals surface area contributed by atoms with Crippen LogP contribution in [0, 0.1) is 13.8 Å². The highest BCUT2D eigenvalue weighted by Gasteiger charge is 2.25. The normalized spacial score (nSPS) is 11.2. The summed E-state index contributed by atoms with van der Waals surface area (Å²) in [5.74, 6) is -1.39. The van der Waals surface area contributed by atoms with Gasteiger partial charge in [-0.25, -0.2) is 0 Å². The van der Waals surface area contributed by atoms with Gasteiger partial charge in [-0.05, 0) is 48.2 Å². The lowest BCUT2D eigenvalue weighted by molar-refractivity contribution is -0.140. The van der Waals surface area contributed by atoms with Crippen LogP contribution in [0.5, 0.6) is 0 Å². The molecule has 0 fully saturated rings. The second-order valence-corrected chi connectivity index (χ2v) is 7.56. The zero-order valence-electron chi connectivity index (χ0n) is 19.8. The molecule has 0 radical (unpaired) electrons. The molecule has 3 rings (SSSR count). The summed E-state index contributed by atoms with van der Waals surface area (Å²) in [5.41, 5.74) is 4.40. The van der Waals surface area contributed by atoms with Crippen LogP contribution < -0.4 is 5.56 Å². The summed E-state index contributed by atoms with van der Waals surface area (Å²) in [7, 11) is 1.55. The zero-order chi connectivity index (χ0) is 24.5. The number of benzene rings is 1. The molecular formula is C26H31N3O4. The van der Waals surface area contributed by atoms with Crippen molar-refractivity contribution in [2.45, 2.75) is 46.7 Å². The smallest absolute Gasteiger partial charge is 0.305 e. The van der Waals surface area contributed by atoms with Crippen LogP contribution >= 0.6 is 0 Å². The van der Waals surface area contributed by atoms with Crippen molar-refractivity contribution in [3.05, 3.63) is 88.1 Å². The highest BCUT2D eigenvalue weighted by atomic mass is 16.4. The molecule has 7 nitrogen and oxygen atoms in total. The molecule has 1 aromatic carbocycles. The third-order valence-electron chi connectivity index (χ3n) is 5.35. The number of carbonyl (C=O) groups is 2.